The van der Waals surface area contributed by atoms with Gasteiger partial charge in [-0.25, -0.2) is 0 Å². The van der Waals surface area contributed by atoms with E-state index in [9.17, 15) is 10.1 Å². The van der Waals surface area contributed by atoms with Gasteiger partial charge in [-0.05, 0) is 61.4 Å². The maximum Gasteiger partial charge on any atom is 0.261 e. The van der Waals surface area contributed by atoms with E-state index in [2.05, 4.69) is 34.5 Å². The van der Waals surface area contributed by atoms with Gasteiger partial charge in [0.1, 0.15) is 11.6 Å². The predicted molar refractivity (Wildman–Crippen MR) is 114 cm³/mol. The van der Waals surface area contributed by atoms with Crippen LogP contribution < -0.4 is 10.2 Å². The summed E-state index contributed by atoms with van der Waals surface area (Å²) in [7, 11) is 0. The Kier molecular flexibility index (Phi) is 7.26. The van der Waals surface area contributed by atoms with Crippen molar-refractivity contribution in [3.05, 3.63) is 71.3 Å². The average Bonchev–Trinajstić information content (AvgIpc) is 2.76. The fourth-order valence-electron chi connectivity index (χ4n) is 3.48. The number of benzene rings is 2. The van der Waals surface area contributed by atoms with Crippen LogP contribution in [0.1, 0.15) is 36.8 Å². The van der Waals surface area contributed by atoms with Gasteiger partial charge in [-0.15, -0.1) is 0 Å². The first-order valence-electron chi connectivity index (χ1n) is 10.1. The minimum atomic E-state index is -0.310. The summed E-state index contributed by atoms with van der Waals surface area (Å²) in [5, 5.41) is 12.2. The summed E-state index contributed by atoms with van der Waals surface area (Å²) in [5.41, 5.74) is 3.48. The monoisotopic (exact) mass is 373 g/mol. The largest absolute Gasteiger partial charge is 0.372 e. The molecule has 1 aliphatic rings. The van der Waals surface area contributed by atoms with E-state index in [0.717, 1.165) is 31.5 Å². The van der Waals surface area contributed by atoms with Gasteiger partial charge in [0.25, 0.3) is 5.91 Å². The highest BCUT2D eigenvalue weighted by Gasteiger charge is 2.11. The Hall–Kier alpha value is -3.06. The minimum Gasteiger partial charge on any atom is -0.372 e. The number of hydrogen-bond acceptors (Lipinski definition) is 3. The van der Waals surface area contributed by atoms with Gasteiger partial charge in [0.15, 0.2) is 0 Å². The molecule has 4 nitrogen and oxygen atoms in total. The first-order valence-corrected chi connectivity index (χ1v) is 10.1. The molecule has 2 aromatic carbocycles. The Labute approximate surface area is 167 Å². The third-order valence-electron chi connectivity index (χ3n) is 5.06. The van der Waals surface area contributed by atoms with Crippen LogP contribution in [0.15, 0.2) is 60.2 Å². The molecule has 1 aliphatic heterocycles. The van der Waals surface area contributed by atoms with Crippen LogP contribution in [0.25, 0.3) is 6.08 Å². The number of aryl methyl sites for hydroxylation is 1. The van der Waals surface area contributed by atoms with E-state index in [0.29, 0.717) is 6.54 Å². The number of nitrogens with one attached hydrogen (secondary N) is 1. The number of carbonyl (C=O) groups is 1. The number of nitriles is 1. The number of anilines is 1. The van der Waals surface area contributed by atoms with E-state index in [1.54, 1.807) is 6.08 Å². The highest BCUT2D eigenvalue weighted by Crippen LogP contribution is 2.21. The second kappa shape index (κ2) is 10.3. The van der Waals surface area contributed by atoms with Crippen LogP contribution in [0, 0.1) is 11.3 Å². The van der Waals surface area contributed by atoms with Crippen molar-refractivity contribution in [1.29, 1.82) is 5.26 Å². The molecule has 3 rings (SSSR count). The van der Waals surface area contributed by atoms with E-state index in [1.807, 2.05) is 36.4 Å². The smallest absolute Gasteiger partial charge is 0.261 e. The fraction of sp³-hybridized carbons (Fsp3) is 0.333. The Morgan fingerprint density at radius 3 is 2.43 bits per heavy atom. The molecule has 1 amide bonds. The molecule has 4 heteroatoms. The van der Waals surface area contributed by atoms with Crippen LogP contribution in [0.4, 0.5) is 5.69 Å². The molecule has 0 radical (unpaired) electrons. The molecule has 0 unspecified atom stereocenters. The topological polar surface area (TPSA) is 56.1 Å². The summed E-state index contributed by atoms with van der Waals surface area (Å²) >= 11 is 0. The lowest BCUT2D eigenvalue weighted by Crippen LogP contribution is -2.29. The standard InChI is InChI=1S/C24H27N3O/c25-19-22(24(28)26-15-7-10-20-8-3-1-4-9-20)18-21-11-13-23(14-12-21)27-16-5-2-6-17-27/h1,3-4,8-9,11-14,18H,2,5-7,10,15-17H2,(H,26,28)/b22-18-. The Bertz CT molecular complexity index is 828. The molecule has 0 saturated carbocycles. The van der Waals surface area contributed by atoms with Gasteiger partial charge in [-0.3, -0.25) is 4.79 Å². The van der Waals surface area contributed by atoms with Gasteiger partial charge in [-0.1, -0.05) is 42.5 Å². The molecule has 0 bridgehead atoms. The van der Waals surface area contributed by atoms with E-state index < -0.39 is 0 Å². The van der Waals surface area contributed by atoms with E-state index in [4.69, 9.17) is 0 Å². The first-order chi connectivity index (χ1) is 13.8. The summed E-state index contributed by atoms with van der Waals surface area (Å²) in [6.45, 7) is 2.76. The van der Waals surface area contributed by atoms with Crippen molar-refractivity contribution in [2.24, 2.45) is 0 Å². The highest BCUT2D eigenvalue weighted by atomic mass is 16.1. The number of piperidine rings is 1. The lowest BCUT2D eigenvalue weighted by molar-refractivity contribution is -0.117. The van der Waals surface area contributed by atoms with Crippen LogP contribution in [-0.2, 0) is 11.2 Å². The zero-order chi connectivity index (χ0) is 19.6. The lowest BCUT2D eigenvalue weighted by atomic mass is 10.1. The molecule has 1 fully saturated rings. The quantitative estimate of drug-likeness (QED) is 0.446. The molecule has 1 saturated heterocycles. The van der Waals surface area contributed by atoms with Crippen molar-refractivity contribution in [2.75, 3.05) is 24.5 Å². The summed E-state index contributed by atoms with van der Waals surface area (Å²) in [4.78, 5) is 14.7. The van der Waals surface area contributed by atoms with Crippen molar-refractivity contribution in [1.82, 2.24) is 5.32 Å². The second-order valence-corrected chi connectivity index (χ2v) is 7.15. The zero-order valence-electron chi connectivity index (χ0n) is 16.2. The molecule has 0 atom stereocenters. The van der Waals surface area contributed by atoms with Gasteiger partial charge >= 0.3 is 0 Å². The zero-order valence-corrected chi connectivity index (χ0v) is 16.2. The Morgan fingerprint density at radius 2 is 1.75 bits per heavy atom. The molecule has 0 spiro atoms. The van der Waals surface area contributed by atoms with Gasteiger partial charge in [0, 0.05) is 25.3 Å². The van der Waals surface area contributed by atoms with Crippen LogP contribution >= 0.6 is 0 Å². The van der Waals surface area contributed by atoms with Crippen LogP contribution in [0.2, 0.25) is 0 Å². The normalized spacial score (nSPS) is 14.4. The van der Waals surface area contributed by atoms with E-state index in [1.165, 1.54) is 30.5 Å². The van der Waals surface area contributed by atoms with Gasteiger partial charge in [-0.2, -0.15) is 5.26 Å². The Balaban J connectivity index is 1.52. The molecule has 1 N–H and O–H groups in total. The summed E-state index contributed by atoms with van der Waals surface area (Å²) in [6.07, 6.45) is 7.20. The number of rotatable bonds is 7. The fourth-order valence-corrected chi connectivity index (χ4v) is 3.48. The van der Waals surface area contributed by atoms with Crippen molar-refractivity contribution in [3.8, 4) is 6.07 Å². The van der Waals surface area contributed by atoms with Crippen molar-refractivity contribution >= 4 is 17.7 Å². The van der Waals surface area contributed by atoms with E-state index in [-0.39, 0.29) is 11.5 Å². The van der Waals surface area contributed by atoms with Gasteiger partial charge in [0.2, 0.25) is 0 Å². The van der Waals surface area contributed by atoms with Crippen molar-refractivity contribution in [3.63, 3.8) is 0 Å². The number of amides is 1. The average molecular weight is 374 g/mol. The number of carbonyl (C=O) groups excluding carboxylic acids is 1. The first kappa shape index (κ1) is 19.7. The SMILES string of the molecule is N#C/C(=C/c1ccc(N2CCCCC2)cc1)C(=O)NCCCc1ccccc1. The minimum absolute atomic E-state index is 0.144. The third-order valence-corrected chi connectivity index (χ3v) is 5.06. The van der Waals surface area contributed by atoms with Crippen LogP contribution in [0.3, 0.4) is 0 Å². The number of nitrogens with zero attached hydrogens (tertiary/aromatic N) is 2. The van der Waals surface area contributed by atoms with Gasteiger partial charge in [0.05, 0.1) is 0 Å². The van der Waals surface area contributed by atoms with Crippen LogP contribution in [-0.4, -0.2) is 25.5 Å². The summed E-state index contributed by atoms with van der Waals surface area (Å²) in [6, 6.07) is 20.3. The third kappa shape index (κ3) is 5.72. The maximum atomic E-state index is 12.3. The molecule has 0 aliphatic carbocycles. The predicted octanol–water partition coefficient (Wildman–Crippen LogP) is 4.33. The molecular weight excluding hydrogens is 346 g/mol. The number of hydrogen-bond donors (Lipinski definition) is 1. The summed E-state index contributed by atoms with van der Waals surface area (Å²) < 4.78 is 0. The second-order valence-electron chi connectivity index (χ2n) is 7.15. The molecular formula is C24H27N3O. The molecule has 0 aromatic heterocycles. The van der Waals surface area contributed by atoms with E-state index >= 15 is 0 Å². The lowest BCUT2D eigenvalue weighted by Gasteiger charge is -2.28. The van der Waals surface area contributed by atoms with Gasteiger partial charge < -0.3 is 10.2 Å². The Morgan fingerprint density at radius 1 is 1.04 bits per heavy atom. The van der Waals surface area contributed by atoms with Crippen molar-refractivity contribution < 1.29 is 4.79 Å². The maximum absolute atomic E-state index is 12.3. The van der Waals surface area contributed by atoms with Crippen molar-refractivity contribution in [2.45, 2.75) is 32.1 Å². The van der Waals surface area contributed by atoms with Crippen LogP contribution in [0.5, 0.6) is 0 Å². The highest BCUT2D eigenvalue weighted by molar-refractivity contribution is 6.01. The molecule has 1 heterocycles. The summed E-state index contributed by atoms with van der Waals surface area (Å²) in [5.74, 6) is -0.310. The molecule has 28 heavy (non-hydrogen) atoms. The molecule has 144 valence electrons. The molecule has 2 aromatic rings.